The van der Waals surface area contributed by atoms with Crippen molar-refractivity contribution in [2.24, 2.45) is 5.92 Å². The number of hydrogen-bond acceptors (Lipinski definition) is 3. The van der Waals surface area contributed by atoms with Crippen molar-refractivity contribution in [1.82, 2.24) is 19.8 Å². The number of hydrogen-bond donors (Lipinski definition) is 1. The maximum absolute atomic E-state index is 5.07. The Morgan fingerprint density at radius 3 is 2.76 bits per heavy atom. The highest BCUT2D eigenvalue weighted by molar-refractivity contribution is 5.76. The van der Waals surface area contributed by atoms with E-state index in [-0.39, 0.29) is 0 Å². The summed E-state index contributed by atoms with van der Waals surface area (Å²) < 4.78 is 2.48. The monoisotopic (exact) mass is 340 g/mol. The van der Waals surface area contributed by atoms with Crippen LogP contribution < -0.4 is 5.32 Å². The molecule has 1 aromatic carbocycles. The zero-order valence-corrected chi connectivity index (χ0v) is 15.7. The van der Waals surface area contributed by atoms with Crippen LogP contribution >= 0.6 is 0 Å². The van der Waals surface area contributed by atoms with Gasteiger partial charge in [-0.2, -0.15) is 0 Å². The molecule has 25 heavy (non-hydrogen) atoms. The lowest BCUT2D eigenvalue weighted by Gasteiger charge is -2.36. The highest BCUT2D eigenvalue weighted by atomic mass is 15.2. The standard InChI is InChI=1S/C21H32N4/c1-16(2)25-20-8-4-3-7-19(20)23-21(25)18-6-5-13-24(15-18)14-17-9-11-22-12-10-17/h3-4,7-8,16-18,22H,5-6,9-15H2,1-2H3. The van der Waals surface area contributed by atoms with E-state index in [0.717, 1.165) is 11.4 Å². The van der Waals surface area contributed by atoms with Crippen molar-refractivity contribution in [3.05, 3.63) is 30.1 Å². The largest absolute Gasteiger partial charge is 0.325 e. The van der Waals surface area contributed by atoms with Crippen LogP contribution in [0.4, 0.5) is 0 Å². The van der Waals surface area contributed by atoms with Gasteiger partial charge in [-0.1, -0.05) is 12.1 Å². The molecule has 0 radical (unpaired) electrons. The van der Waals surface area contributed by atoms with Crippen molar-refractivity contribution in [2.75, 3.05) is 32.7 Å². The van der Waals surface area contributed by atoms with Crippen LogP contribution in [0, 0.1) is 5.92 Å². The van der Waals surface area contributed by atoms with E-state index < -0.39 is 0 Å². The summed E-state index contributed by atoms with van der Waals surface area (Å²) in [5.41, 5.74) is 2.45. The number of rotatable bonds is 4. The smallest absolute Gasteiger partial charge is 0.114 e. The molecule has 0 aliphatic carbocycles. The molecule has 4 heteroatoms. The van der Waals surface area contributed by atoms with Crippen molar-refractivity contribution < 1.29 is 0 Å². The summed E-state index contributed by atoms with van der Waals surface area (Å²) in [6, 6.07) is 9.09. The Morgan fingerprint density at radius 2 is 1.96 bits per heavy atom. The minimum Gasteiger partial charge on any atom is -0.325 e. The SMILES string of the molecule is CC(C)n1c(C2CCCN(CC3CCNCC3)C2)nc2ccccc21. The van der Waals surface area contributed by atoms with Crippen LogP contribution in [0.25, 0.3) is 11.0 Å². The van der Waals surface area contributed by atoms with Gasteiger partial charge in [0.25, 0.3) is 0 Å². The molecule has 2 saturated heterocycles. The third-order valence-corrected chi connectivity index (χ3v) is 5.99. The van der Waals surface area contributed by atoms with Gasteiger partial charge in [0.15, 0.2) is 0 Å². The van der Waals surface area contributed by atoms with E-state index in [2.05, 4.69) is 52.9 Å². The summed E-state index contributed by atoms with van der Waals surface area (Å²) in [6.45, 7) is 10.7. The maximum atomic E-state index is 5.07. The average molecular weight is 341 g/mol. The number of benzene rings is 1. The first-order chi connectivity index (χ1) is 12.2. The van der Waals surface area contributed by atoms with E-state index >= 15 is 0 Å². The van der Waals surface area contributed by atoms with Gasteiger partial charge >= 0.3 is 0 Å². The van der Waals surface area contributed by atoms with Crippen LogP contribution in [0.2, 0.25) is 0 Å². The van der Waals surface area contributed by atoms with E-state index in [1.54, 1.807) is 0 Å². The molecule has 1 atom stereocenters. The summed E-state index contributed by atoms with van der Waals surface area (Å²) in [7, 11) is 0. The molecule has 2 fully saturated rings. The van der Waals surface area contributed by atoms with Gasteiger partial charge in [-0.05, 0) is 77.2 Å². The highest BCUT2D eigenvalue weighted by Gasteiger charge is 2.28. The number of imidazole rings is 1. The quantitative estimate of drug-likeness (QED) is 0.919. The molecule has 4 rings (SSSR count). The van der Waals surface area contributed by atoms with Crippen molar-refractivity contribution in [3.63, 3.8) is 0 Å². The molecule has 1 unspecified atom stereocenters. The van der Waals surface area contributed by atoms with Crippen molar-refractivity contribution in [3.8, 4) is 0 Å². The molecule has 2 aliphatic rings. The number of para-hydroxylation sites is 2. The van der Waals surface area contributed by atoms with Gasteiger partial charge < -0.3 is 14.8 Å². The highest BCUT2D eigenvalue weighted by Crippen LogP contribution is 2.32. The average Bonchev–Trinajstić information content (AvgIpc) is 3.03. The predicted octanol–water partition coefficient (Wildman–Crippen LogP) is 3.80. The lowest BCUT2D eigenvalue weighted by Crippen LogP contribution is -2.41. The molecule has 4 nitrogen and oxygen atoms in total. The van der Waals surface area contributed by atoms with Crippen LogP contribution in [-0.4, -0.2) is 47.2 Å². The first-order valence-electron chi connectivity index (χ1n) is 10.1. The fraction of sp³-hybridized carbons (Fsp3) is 0.667. The summed E-state index contributed by atoms with van der Waals surface area (Å²) in [5, 5.41) is 3.49. The van der Waals surface area contributed by atoms with Crippen molar-refractivity contribution in [2.45, 2.75) is 51.5 Å². The van der Waals surface area contributed by atoms with Crippen LogP contribution in [0.5, 0.6) is 0 Å². The fourth-order valence-electron chi connectivity index (χ4n) is 4.76. The first-order valence-corrected chi connectivity index (χ1v) is 10.1. The third kappa shape index (κ3) is 3.61. The molecule has 2 aliphatic heterocycles. The summed E-state index contributed by atoms with van der Waals surface area (Å²) >= 11 is 0. The maximum Gasteiger partial charge on any atom is 0.114 e. The second-order valence-corrected chi connectivity index (χ2v) is 8.21. The second-order valence-electron chi connectivity index (χ2n) is 8.21. The number of likely N-dealkylation sites (tertiary alicyclic amines) is 1. The molecule has 0 amide bonds. The Morgan fingerprint density at radius 1 is 1.16 bits per heavy atom. The Hall–Kier alpha value is -1.39. The van der Waals surface area contributed by atoms with E-state index in [1.807, 2.05) is 0 Å². The van der Waals surface area contributed by atoms with Gasteiger partial charge in [-0.3, -0.25) is 0 Å². The zero-order chi connectivity index (χ0) is 17.2. The van der Waals surface area contributed by atoms with E-state index in [0.29, 0.717) is 12.0 Å². The Labute approximate surface area is 151 Å². The normalized spacial score (nSPS) is 23.6. The molecule has 0 saturated carbocycles. The molecule has 136 valence electrons. The molecule has 1 aromatic heterocycles. The van der Waals surface area contributed by atoms with E-state index in [9.17, 15) is 0 Å². The number of aromatic nitrogens is 2. The van der Waals surface area contributed by atoms with Crippen LogP contribution in [0.3, 0.4) is 0 Å². The number of piperidine rings is 2. The molecular weight excluding hydrogens is 308 g/mol. The molecule has 0 spiro atoms. The molecule has 0 bridgehead atoms. The van der Waals surface area contributed by atoms with E-state index in [4.69, 9.17) is 4.98 Å². The fourth-order valence-corrected chi connectivity index (χ4v) is 4.76. The molecular formula is C21H32N4. The van der Waals surface area contributed by atoms with Crippen molar-refractivity contribution >= 4 is 11.0 Å². The van der Waals surface area contributed by atoms with Gasteiger partial charge in [0.1, 0.15) is 5.82 Å². The van der Waals surface area contributed by atoms with Gasteiger partial charge in [-0.15, -0.1) is 0 Å². The van der Waals surface area contributed by atoms with Gasteiger partial charge in [0.2, 0.25) is 0 Å². The van der Waals surface area contributed by atoms with Gasteiger partial charge in [0, 0.05) is 25.0 Å². The minimum atomic E-state index is 0.460. The van der Waals surface area contributed by atoms with Crippen molar-refractivity contribution in [1.29, 1.82) is 0 Å². The second kappa shape index (κ2) is 7.46. The van der Waals surface area contributed by atoms with Gasteiger partial charge in [0.05, 0.1) is 11.0 Å². The Balaban J connectivity index is 1.54. The van der Waals surface area contributed by atoms with Gasteiger partial charge in [-0.25, -0.2) is 4.98 Å². The summed E-state index contributed by atoms with van der Waals surface area (Å²) in [6.07, 6.45) is 5.26. The number of nitrogens with one attached hydrogen (secondary N) is 1. The Kier molecular flexibility index (Phi) is 5.09. The van der Waals surface area contributed by atoms with Crippen LogP contribution in [0.1, 0.15) is 57.3 Å². The molecule has 1 N–H and O–H groups in total. The lowest BCUT2D eigenvalue weighted by molar-refractivity contribution is 0.160. The Bertz CT molecular complexity index is 699. The first kappa shape index (κ1) is 17.0. The van der Waals surface area contributed by atoms with Crippen LogP contribution in [0.15, 0.2) is 24.3 Å². The summed E-state index contributed by atoms with van der Waals surface area (Å²) in [5.74, 6) is 2.76. The molecule has 2 aromatic rings. The van der Waals surface area contributed by atoms with Crippen LogP contribution in [-0.2, 0) is 0 Å². The third-order valence-electron chi connectivity index (χ3n) is 5.99. The van der Waals surface area contributed by atoms with E-state index in [1.165, 1.54) is 69.7 Å². The lowest BCUT2D eigenvalue weighted by atomic mass is 9.93. The number of nitrogens with zero attached hydrogens (tertiary/aromatic N) is 3. The molecule has 3 heterocycles. The summed E-state index contributed by atoms with van der Waals surface area (Å²) in [4.78, 5) is 7.78. The predicted molar refractivity (Wildman–Crippen MR) is 104 cm³/mol. The number of fused-ring (bicyclic) bond motifs is 1. The topological polar surface area (TPSA) is 33.1 Å². The minimum absolute atomic E-state index is 0.460. The zero-order valence-electron chi connectivity index (χ0n) is 15.7.